The van der Waals surface area contributed by atoms with Crippen LogP contribution < -0.4 is 5.32 Å². The molecule has 0 fully saturated rings. The van der Waals surface area contributed by atoms with Crippen molar-refractivity contribution in [2.24, 2.45) is 0 Å². The Morgan fingerprint density at radius 2 is 0.714 bits per heavy atom. The van der Waals surface area contributed by atoms with Gasteiger partial charge in [-0.05, 0) is 228 Å². The molecule has 5 heterocycles. The molecule has 0 saturated heterocycles. The third-order valence-electron chi connectivity index (χ3n) is 22.1. The van der Waals surface area contributed by atoms with Gasteiger partial charge in [0.05, 0.1) is 22.8 Å². The van der Waals surface area contributed by atoms with Gasteiger partial charge in [-0.2, -0.15) is 0 Å². The molecule has 2 aliphatic heterocycles. The zero-order valence-corrected chi connectivity index (χ0v) is 65.5. The Balaban J connectivity index is 1.15. The summed E-state index contributed by atoms with van der Waals surface area (Å²) >= 11 is 4.00. The maximum Gasteiger partial charge on any atom is 0.0638 e. The van der Waals surface area contributed by atoms with Crippen LogP contribution in [0.2, 0.25) is 0 Å². The number of aromatic amines is 1. The lowest BCUT2D eigenvalue weighted by Gasteiger charge is -2.38. The zero-order valence-electron chi connectivity index (χ0n) is 63.9. The van der Waals surface area contributed by atoms with E-state index in [1.807, 2.05) is 22.7 Å². The fourth-order valence-corrected chi connectivity index (χ4v) is 17.9. The van der Waals surface area contributed by atoms with E-state index in [2.05, 4.69) is 323 Å². The highest BCUT2D eigenvalue weighted by Gasteiger charge is 2.46. The van der Waals surface area contributed by atoms with Gasteiger partial charge < -0.3 is 10.3 Å². The summed E-state index contributed by atoms with van der Waals surface area (Å²) in [6, 6.07) is 52.9. The van der Waals surface area contributed by atoms with E-state index in [1.54, 1.807) is 0 Å². The largest absolute Gasteiger partial charge is 0.376 e. The highest BCUT2D eigenvalue weighted by Crippen LogP contribution is 2.61. The Hall–Kier alpha value is -7.24. The van der Waals surface area contributed by atoms with Gasteiger partial charge in [0.2, 0.25) is 0 Å². The molecule has 506 valence electrons. The normalized spacial score (nSPS) is 16.5. The number of nitrogens with one attached hydrogen (secondary N) is 2. The maximum absolute atomic E-state index is 4.54. The lowest BCUT2D eigenvalue weighted by atomic mass is 9.69. The topological polar surface area (TPSA) is 27.8 Å². The average molecular weight is 1330 g/mol. The summed E-state index contributed by atoms with van der Waals surface area (Å²) in [5, 5.41) is 7.06. The van der Waals surface area contributed by atoms with Gasteiger partial charge >= 0.3 is 0 Å². The molecule has 2 N–H and O–H groups in total. The van der Waals surface area contributed by atoms with Gasteiger partial charge in [-0.1, -0.05) is 258 Å². The van der Waals surface area contributed by atoms with Crippen LogP contribution >= 0.6 is 22.7 Å². The summed E-state index contributed by atoms with van der Waals surface area (Å²) in [6.45, 7) is 59.4. The fourth-order valence-electron chi connectivity index (χ4n) is 15.5. The van der Waals surface area contributed by atoms with Crippen molar-refractivity contribution in [3.05, 3.63) is 211 Å². The van der Waals surface area contributed by atoms with Crippen molar-refractivity contribution in [1.82, 2.24) is 4.98 Å². The van der Waals surface area contributed by atoms with Crippen LogP contribution in [0.3, 0.4) is 0 Å². The Labute approximate surface area is 596 Å². The van der Waals surface area contributed by atoms with Crippen LogP contribution in [-0.2, 0) is 43.3 Å². The maximum atomic E-state index is 4.54. The number of H-pyrrole nitrogens is 1. The van der Waals surface area contributed by atoms with Crippen molar-refractivity contribution in [1.29, 1.82) is 0 Å². The first-order valence-corrected chi connectivity index (χ1v) is 38.3. The second-order valence-corrected chi connectivity index (χ2v) is 40.2. The van der Waals surface area contributed by atoms with Crippen molar-refractivity contribution in [2.75, 3.05) is 5.32 Å². The number of unbranched alkanes of at least 4 members (excludes halogenated alkanes) is 1. The summed E-state index contributed by atoms with van der Waals surface area (Å²) in [5.41, 5.74) is 35.2. The molecule has 0 amide bonds. The number of anilines is 1. The van der Waals surface area contributed by atoms with Crippen molar-refractivity contribution in [3.63, 3.8) is 0 Å². The second kappa shape index (κ2) is 22.9. The first-order valence-electron chi connectivity index (χ1n) is 36.7. The van der Waals surface area contributed by atoms with Gasteiger partial charge in [-0.25, -0.2) is 0 Å². The van der Waals surface area contributed by atoms with Crippen molar-refractivity contribution in [3.8, 4) is 64.7 Å². The first kappa shape index (κ1) is 67.9. The molecule has 0 saturated carbocycles. The molecule has 2 unspecified atom stereocenters. The SMILES string of the molecule is CCCCC1=Cc2cc3sc2C2C1=C(c1cc(C(C)(C)C)cc(C(C)(C)C)c1)C=C1c4cc(-c5cc(C(C)(C)C)cc(C(C)(C)C)c5)cc(c4NC12)-c1ccc(s1)-c1cc(-c2cc(C(C)(C)C)cc(C(C)(C)C)c2)cc2c1[nH]c1c-3cc(-c3cc(C(C)(C)C)cc(C(C)(C)C)c3)cc12. The van der Waals surface area contributed by atoms with Gasteiger partial charge in [0.25, 0.3) is 0 Å². The molecule has 7 aromatic carbocycles. The van der Waals surface area contributed by atoms with Crippen LogP contribution in [-0.4, -0.2) is 11.0 Å². The molecule has 98 heavy (non-hydrogen) atoms. The molecule has 14 rings (SSSR count). The molecular weight excluding hydrogens is 1220 g/mol. The van der Waals surface area contributed by atoms with E-state index >= 15 is 0 Å². The molecular formula is C94H108N2S2. The number of aromatic nitrogens is 1. The molecule has 3 aromatic heterocycles. The second-order valence-electron chi connectivity index (χ2n) is 38.1. The van der Waals surface area contributed by atoms with E-state index in [0.717, 1.165) is 19.3 Å². The predicted molar refractivity (Wildman–Crippen MR) is 433 cm³/mol. The third-order valence-corrected chi connectivity index (χ3v) is 24.5. The van der Waals surface area contributed by atoms with Crippen LogP contribution in [0, 0.1) is 0 Å². The molecule has 2 nitrogen and oxygen atoms in total. The number of rotatable bonds is 7. The number of benzene rings is 7. The fraction of sp³-hybridized carbons (Fsp3) is 0.404. The van der Waals surface area contributed by atoms with E-state index in [9.17, 15) is 0 Å². The Bertz CT molecular complexity index is 4910. The summed E-state index contributed by atoms with van der Waals surface area (Å²) in [7, 11) is 0. The Morgan fingerprint density at radius 1 is 0.357 bits per heavy atom. The Morgan fingerprint density at radius 3 is 1.12 bits per heavy atom. The number of allylic oxidation sites excluding steroid dienone is 3. The first-order chi connectivity index (χ1) is 45.5. The van der Waals surface area contributed by atoms with Gasteiger partial charge in [0.1, 0.15) is 0 Å². The molecule has 10 aromatic rings. The molecule has 0 spiro atoms. The predicted octanol–water partition coefficient (Wildman–Crippen LogP) is 28.2. The average Bonchev–Trinajstić information content (AvgIpc) is 1.51. The highest BCUT2D eigenvalue weighted by molar-refractivity contribution is 7.19. The summed E-state index contributed by atoms with van der Waals surface area (Å²) in [5.74, 6) is 0.0365. The van der Waals surface area contributed by atoms with Crippen molar-refractivity contribution < 1.29 is 0 Å². The smallest absolute Gasteiger partial charge is 0.0638 e. The van der Waals surface area contributed by atoms with Crippen LogP contribution in [0.5, 0.6) is 0 Å². The van der Waals surface area contributed by atoms with Gasteiger partial charge in [0, 0.05) is 58.5 Å². The Kier molecular flexibility index (Phi) is 15.9. The van der Waals surface area contributed by atoms with Crippen LogP contribution in [0.1, 0.15) is 264 Å². The third kappa shape index (κ3) is 12.1. The zero-order chi connectivity index (χ0) is 70.4. The van der Waals surface area contributed by atoms with Gasteiger partial charge in [-0.3, -0.25) is 0 Å². The summed E-state index contributed by atoms with van der Waals surface area (Å²) < 4.78 is 0. The molecule has 2 atom stereocenters. The van der Waals surface area contributed by atoms with Crippen LogP contribution in [0.4, 0.5) is 5.69 Å². The van der Waals surface area contributed by atoms with E-state index in [0.29, 0.717) is 0 Å². The number of thiophene rings is 2. The van der Waals surface area contributed by atoms with E-state index < -0.39 is 0 Å². The van der Waals surface area contributed by atoms with E-state index in [4.69, 9.17) is 0 Å². The number of fused-ring (bicyclic) bond motifs is 8. The molecule has 2 aliphatic carbocycles. The van der Waals surface area contributed by atoms with Gasteiger partial charge in [-0.15, -0.1) is 22.7 Å². The monoisotopic (exact) mass is 1330 g/mol. The molecule has 8 bridgehead atoms. The van der Waals surface area contributed by atoms with Crippen molar-refractivity contribution >= 4 is 67.4 Å². The minimum Gasteiger partial charge on any atom is -0.376 e. The van der Waals surface area contributed by atoms with E-state index in [1.165, 1.54) is 181 Å². The number of hydrogen-bond acceptors (Lipinski definition) is 3. The molecule has 4 aliphatic rings. The molecule has 0 radical (unpaired) electrons. The lowest BCUT2D eigenvalue weighted by Crippen LogP contribution is -2.31. The number of hydrogen-bond donors (Lipinski definition) is 2. The summed E-state index contributed by atoms with van der Waals surface area (Å²) in [6.07, 6.45) is 8.59. The molecule has 4 heteroatoms. The standard InChI is InChI=1S/C94H108N2S2/c1-26-27-28-52-31-60-46-79-76-45-58(55-36-65(91(14,15)16)49-66(37-55)92(17,18)19)41-71-70-40-56(53-32-61(87(2,3)4)47-62(33-53)88(5,6)7)43-74(82(70)95-84(71)76)77-29-30-78(97-77)75-44-57(54-34-63(89(8,9)10)48-64(35-54)90(11,12)13)42-72-73-51-69(80(52)81(86(60)98-79)85(73)96-83(72)75)59-38-67(93(20,21)22)50-68(39-59)94(23,24)25/h29-51,81,85,95-96H,26-28H2,1-25H3. The van der Waals surface area contributed by atoms with Gasteiger partial charge in [0.15, 0.2) is 0 Å². The van der Waals surface area contributed by atoms with Crippen LogP contribution in [0.15, 0.2) is 145 Å². The van der Waals surface area contributed by atoms with E-state index in [-0.39, 0.29) is 55.3 Å². The van der Waals surface area contributed by atoms with Crippen molar-refractivity contribution in [2.45, 2.75) is 248 Å². The highest BCUT2D eigenvalue weighted by atomic mass is 32.1. The van der Waals surface area contributed by atoms with Crippen LogP contribution in [0.25, 0.3) is 104 Å². The minimum atomic E-state index is -0.0594. The lowest BCUT2D eigenvalue weighted by molar-refractivity contribution is 0.568. The minimum absolute atomic E-state index is 0.0169. The quantitative estimate of drug-likeness (QED) is 0.164. The summed E-state index contributed by atoms with van der Waals surface area (Å²) in [4.78, 5) is 9.63.